The van der Waals surface area contributed by atoms with Gasteiger partial charge in [-0.15, -0.1) is 0 Å². The van der Waals surface area contributed by atoms with Crippen molar-refractivity contribution >= 4 is 22.8 Å². The summed E-state index contributed by atoms with van der Waals surface area (Å²) in [6.45, 7) is 10.9. The summed E-state index contributed by atoms with van der Waals surface area (Å²) >= 11 is 0. The Morgan fingerprint density at radius 1 is 1.20 bits per heavy atom. The van der Waals surface area contributed by atoms with Gasteiger partial charge in [0, 0.05) is 43.0 Å². The maximum Gasteiger partial charge on any atom is 0.410 e. The standard InChI is InChI=1S/C26H33F2N5O2/c1-16(2)14-17-15-32(12-13-33(17)25(34)35-26(3,4)5)21-7-6-20(31-22(21)23(27)28)18-8-10-29-24-19(18)9-11-30-24/h6-11,16-17,23H,12-15H2,1-5H3,(H,29,30). The van der Waals surface area contributed by atoms with Gasteiger partial charge in [0.05, 0.1) is 17.4 Å². The van der Waals surface area contributed by atoms with Crippen LogP contribution < -0.4 is 4.90 Å². The summed E-state index contributed by atoms with van der Waals surface area (Å²) < 4.78 is 34.1. The van der Waals surface area contributed by atoms with Gasteiger partial charge in [0.1, 0.15) is 16.9 Å². The molecular weight excluding hydrogens is 452 g/mol. The van der Waals surface area contributed by atoms with Crippen molar-refractivity contribution in [3.63, 3.8) is 0 Å². The van der Waals surface area contributed by atoms with Crippen molar-refractivity contribution < 1.29 is 18.3 Å². The molecular formula is C26H33F2N5O2. The number of hydrogen-bond donors (Lipinski definition) is 1. The van der Waals surface area contributed by atoms with Crippen molar-refractivity contribution in [2.45, 2.75) is 59.1 Å². The molecule has 9 heteroatoms. The van der Waals surface area contributed by atoms with E-state index in [0.717, 1.165) is 17.4 Å². The molecule has 1 unspecified atom stereocenters. The van der Waals surface area contributed by atoms with Crippen LogP contribution in [0.2, 0.25) is 0 Å². The number of hydrogen-bond acceptors (Lipinski definition) is 5. The lowest BCUT2D eigenvalue weighted by Gasteiger charge is -2.43. The van der Waals surface area contributed by atoms with Crippen molar-refractivity contribution in [2.75, 3.05) is 24.5 Å². The molecule has 7 nitrogen and oxygen atoms in total. The van der Waals surface area contributed by atoms with E-state index in [1.807, 2.05) is 31.7 Å². The molecule has 1 saturated heterocycles. The number of carbonyl (C=O) groups excluding carboxylic acids is 1. The van der Waals surface area contributed by atoms with Crippen molar-refractivity contribution in [1.82, 2.24) is 19.9 Å². The maximum atomic E-state index is 14.2. The van der Waals surface area contributed by atoms with Crippen LogP contribution >= 0.6 is 0 Å². The van der Waals surface area contributed by atoms with Crippen molar-refractivity contribution in [2.24, 2.45) is 5.92 Å². The van der Waals surface area contributed by atoms with E-state index < -0.39 is 12.0 Å². The van der Waals surface area contributed by atoms with Gasteiger partial charge in [0.2, 0.25) is 0 Å². The third-order valence-corrected chi connectivity index (χ3v) is 6.04. The van der Waals surface area contributed by atoms with Crippen LogP contribution in [0.15, 0.2) is 36.7 Å². The molecule has 1 fully saturated rings. The van der Waals surface area contributed by atoms with Gasteiger partial charge in [0.25, 0.3) is 6.43 Å². The number of H-pyrrole nitrogens is 1. The Morgan fingerprint density at radius 3 is 2.66 bits per heavy atom. The number of nitrogens with one attached hydrogen (secondary N) is 1. The highest BCUT2D eigenvalue weighted by atomic mass is 19.3. The van der Waals surface area contributed by atoms with Gasteiger partial charge in [-0.2, -0.15) is 0 Å². The minimum atomic E-state index is -2.74. The first-order chi connectivity index (χ1) is 16.5. The molecule has 1 amide bonds. The Kier molecular flexibility index (Phi) is 6.96. The van der Waals surface area contributed by atoms with Gasteiger partial charge in [-0.05, 0) is 57.4 Å². The highest BCUT2D eigenvalue weighted by Crippen LogP contribution is 2.35. The fraction of sp³-hybridized carbons (Fsp3) is 0.500. The predicted molar refractivity (Wildman–Crippen MR) is 133 cm³/mol. The number of piperazine rings is 1. The second kappa shape index (κ2) is 9.79. The zero-order valence-electron chi connectivity index (χ0n) is 20.9. The number of rotatable bonds is 5. The van der Waals surface area contributed by atoms with Gasteiger partial charge in [-0.25, -0.2) is 23.5 Å². The summed E-state index contributed by atoms with van der Waals surface area (Å²) in [5.74, 6) is 0.329. The number of pyridine rings is 2. The number of ether oxygens (including phenoxy) is 1. The van der Waals surface area contributed by atoms with Crippen molar-refractivity contribution in [3.8, 4) is 11.3 Å². The maximum absolute atomic E-state index is 14.2. The van der Waals surface area contributed by atoms with E-state index in [2.05, 4.69) is 28.8 Å². The topological polar surface area (TPSA) is 74.4 Å². The van der Waals surface area contributed by atoms with Crippen LogP contribution in [0.25, 0.3) is 22.3 Å². The lowest BCUT2D eigenvalue weighted by atomic mass is 9.99. The van der Waals surface area contributed by atoms with E-state index in [1.54, 1.807) is 35.5 Å². The highest BCUT2D eigenvalue weighted by Gasteiger charge is 2.35. The van der Waals surface area contributed by atoms with E-state index in [4.69, 9.17) is 4.74 Å². The molecule has 1 aliphatic heterocycles. The van der Waals surface area contributed by atoms with Gasteiger partial charge in [-0.3, -0.25) is 0 Å². The molecule has 4 rings (SSSR count). The average molecular weight is 486 g/mol. The van der Waals surface area contributed by atoms with Gasteiger partial charge < -0.3 is 19.5 Å². The Labute approximate surface area is 204 Å². The molecule has 1 N–H and O–H groups in total. The molecule has 0 aromatic carbocycles. The lowest BCUT2D eigenvalue weighted by molar-refractivity contribution is 0.0119. The number of nitrogens with zero attached hydrogens (tertiary/aromatic N) is 4. The van der Waals surface area contributed by atoms with E-state index in [-0.39, 0.29) is 17.8 Å². The van der Waals surface area contributed by atoms with E-state index in [1.165, 1.54) is 0 Å². The first-order valence-electron chi connectivity index (χ1n) is 12.0. The Balaban J connectivity index is 1.64. The number of amides is 1. The largest absolute Gasteiger partial charge is 0.444 e. The number of anilines is 1. The fourth-order valence-corrected chi connectivity index (χ4v) is 4.61. The summed E-state index contributed by atoms with van der Waals surface area (Å²) in [4.78, 5) is 28.2. The highest BCUT2D eigenvalue weighted by molar-refractivity contribution is 5.92. The van der Waals surface area contributed by atoms with Gasteiger partial charge in [0.15, 0.2) is 0 Å². The lowest BCUT2D eigenvalue weighted by Crippen LogP contribution is -2.56. The third kappa shape index (κ3) is 5.55. The smallest absolute Gasteiger partial charge is 0.410 e. The summed E-state index contributed by atoms with van der Waals surface area (Å²) in [6, 6.07) is 7.00. The van der Waals surface area contributed by atoms with Gasteiger partial charge in [-0.1, -0.05) is 13.8 Å². The SMILES string of the molecule is CC(C)CC1CN(c2ccc(-c3ccnc4[nH]ccc34)nc2C(F)F)CCN1C(=O)OC(C)(C)C. The number of fused-ring (bicyclic) bond motifs is 1. The first-order valence-corrected chi connectivity index (χ1v) is 12.0. The van der Waals surface area contributed by atoms with Crippen LogP contribution in [0, 0.1) is 5.92 Å². The predicted octanol–water partition coefficient (Wildman–Crippen LogP) is 6.03. The zero-order valence-corrected chi connectivity index (χ0v) is 20.9. The van der Waals surface area contributed by atoms with Crippen LogP contribution in [-0.2, 0) is 4.74 Å². The van der Waals surface area contributed by atoms with Crippen LogP contribution in [-0.4, -0.2) is 57.2 Å². The number of aromatic amines is 1. The summed E-state index contributed by atoms with van der Waals surface area (Å²) in [5, 5.41) is 0.830. The molecule has 35 heavy (non-hydrogen) atoms. The minimum absolute atomic E-state index is 0.150. The third-order valence-electron chi connectivity index (χ3n) is 6.04. The number of alkyl halides is 2. The van der Waals surface area contributed by atoms with E-state index >= 15 is 0 Å². The quantitative estimate of drug-likeness (QED) is 0.477. The molecule has 1 aliphatic rings. The summed E-state index contributed by atoms with van der Waals surface area (Å²) in [5.41, 5.74) is 1.45. The van der Waals surface area contributed by atoms with Crippen LogP contribution in [0.3, 0.4) is 0 Å². The number of aromatic nitrogens is 3. The van der Waals surface area contributed by atoms with E-state index in [0.29, 0.717) is 42.6 Å². The summed E-state index contributed by atoms with van der Waals surface area (Å²) in [7, 11) is 0. The first kappa shape index (κ1) is 24.9. The van der Waals surface area contributed by atoms with Crippen LogP contribution in [0.1, 0.15) is 53.2 Å². The molecule has 3 aromatic rings. The molecule has 0 saturated carbocycles. The monoisotopic (exact) mass is 485 g/mol. The average Bonchev–Trinajstić information content (AvgIpc) is 3.26. The van der Waals surface area contributed by atoms with Crippen molar-refractivity contribution in [3.05, 3.63) is 42.4 Å². The van der Waals surface area contributed by atoms with E-state index in [9.17, 15) is 13.6 Å². The van der Waals surface area contributed by atoms with Crippen LogP contribution in [0.4, 0.5) is 19.3 Å². The zero-order chi connectivity index (χ0) is 25.3. The molecule has 0 aliphatic carbocycles. The van der Waals surface area contributed by atoms with Crippen LogP contribution in [0.5, 0.6) is 0 Å². The molecule has 0 spiro atoms. The van der Waals surface area contributed by atoms with Crippen molar-refractivity contribution in [1.29, 1.82) is 0 Å². The Hall–Kier alpha value is -3.23. The normalized spacial score (nSPS) is 17.0. The Morgan fingerprint density at radius 2 is 1.97 bits per heavy atom. The molecule has 0 radical (unpaired) electrons. The second-order valence-corrected chi connectivity index (χ2v) is 10.4. The Bertz CT molecular complexity index is 1190. The molecule has 3 aromatic heterocycles. The molecule has 4 heterocycles. The molecule has 188 valence electrons. The number of carbonyl (C=O) groups is 1. The fourth-order valence-electron chi connectivity index (χ4n) is 4.61. The summed E-state index contributed by atoms with van der Waals surface area (Å²) in [6.07, 6.45) is 1.05. The number of halogens is 2. The second-order valence-electron chi connectivity index (χ2n) is 10.4. The van der Waals surface area contributed by atoms with Gasteiger partial charge >= 0.3 is 6.09 Å². The molecule has 1 atom stereocenters. The molecule has 0 bridgehead atoms. The minimum Gasteiger partial charge on any atom is -0.444 e.